The van der Waals surface area contributed by atoms with Crippen LogP contribution in [0.1, 0.15) is 36.8 Å². The van der Waals surface area contributed by atoms with E-state index < -0.39 is 17.2 Å². The van der Waals surface area contributed by atoms with Gasteiger partial charge in [0.05, 0.1) is 11.0 Å². The van der Waals surface area contributed by atoms with E-state index in [-0.39, 0.29) is 29.9 Å². The minimum Gasteiger partial charge on any atom is -0.481 e. The number of carboxylic acid groups (broad SMARTS) is 1. The summed E-state index contributed by atoms with van der Waals surface area (Å²) in [6.07, 6.45) is 2.91. The molecule has 3 N–H and O–H groups in total. The Bertz CT molecular complexity index is 1200. The number of nitrogens with zero attached hydrogens (tertiary/aromatic N) is 3. The van der Waals surface area contributed by atoms with Crippen molar-refractivity contribution in [3.63, 3.8) is 0 Å². The molecule has 0 bridgehead atoms. The second kappa shape index (κ2) is 7.98. The van der Waals surface area contributed by atoms with Crippen molar-refractivity contribution in [3.8, 4) is 11.5 Å². The third kappa shape index (κ3) is 3.97. The van der Waals surface area contributed by atoms with Crippen molar-refractivity contribution >= 4 is 17.0 Å². The Hall–Kier alpha value is -3.07. The molecule has 1 saturated carbocycles. The van der Waals surface area contributed by atoms with Crippen LogP contribution in [0.4, 0.5) is 0 Å². The molecule has 9 heteroatoms. The maximum Gasteiger partial charge on any atom is 0.349 e. The predicted molar refractivity (Wildman–Crippen MR) is 112 cm³/mol. The maximum absolute atomic E-state index is 12.3. The third-order valence-corrected chi connectivity index (χ3v) is 6.00. The van der Waals surface area contributed by atoms with Gasteiger partial charge in [-0.25, -0.2) is 9.78 Å². The van der Waals surface area contributed by atoms with E-state index in [1.807, 2.05) is 30.5 Å². The van der Waals surface area contributed by atoms with E-state index in [0.29, 0.717) is 18.6 Å². The highest BCUT2D eigenvalue weighted by Crippen LogP contribution is 2.28. The van der Waals surface area contributed by atoms with E-state index in [1.165, 1.54) is 0 Å². The van der Waals surface area contributed by atoms with Crippen molar-refractivity contribution in [1.29, 1.82) is 0 Å². The quantitative estimate of drug-likeness (QED) is 0.523. The molecule has 30 heavy (non-hydrogen) atoms. The highest BCUT2D eigenvalue weighted by Gasteiger charge is 2.26. The van der Waals surface area contributed by atoms with E-state index in [1.54, 1.807) is 0 Å². The van der Waals surface area contributed by atoms with Gasteiger partial charge in [0, 0.05) is 25.6 Å². The van der Waals surface area contributed by atoms with Crippen LogP contribution in [0.25, 0.3) is 22.6 Å². The van der Waals surface area contributed by atoms with E-state index in [4.69, 9.17) is 5.11 Å². The summed E-state index contributed by atoms with van der Waals surface area (Å²) in [4.78, 5) is 45.8. The van der Waals surface area contributed by atoms with E-state index in [0.717, 1.165) is 35.9 Å². The molecule has 4 rings (SSSR count). The summed E-state index contributed by atoms with van der Waals surface area (Å²) in [5, 5.41) is 12.5. The SMILES string of the molecule is Cc1cc2nc3c(=O)[nH]c(=O)nc-3n(CCNC3CCC(CC(=O)O)C3)c2cc1C. The predicted octanol–water partition coefficient (Wildman–Crippen LogP) is 1.43. The van der Waals surface area contributed by atoms with Crippen molar-refractivity contribution in [2.45, 2.75) is 52.1 Å². The monoisotopic (exact) mass is 411 g/mol. The van der Waals surface area contributed by atoms with Crippen molar-refractivity contribution < 1.29 is 9.90 Å². The topological polar surface area (TPSA) is 130 Å². The van der Waals surface area contributed by atoms with Gasteiger partial charge in [-0.05, 0) is 62.3 Å². The Kier molecular flexibility index (Phi) is 5.38. The molecule has 0 spiro atoms. The Balaban J connectivity index is 1.63. The molecule has 3 aliphatic rings. The van der Waals surface area contributed by atoms with Crippen LogP contribution in [0.2, 0.25) is 0 Å². The summed E-state index contributed by atoms with van der Waals surface area (Å²) in [6, 6.07) is 4.21. The van der Waals surface area contributed by atoms with Gasteiger partial charge in [-0.15, -0.1) is 0 Å². The minimum atomic E-state index is -0.749. The summed E-state index contributed by atoms with van der Waals surface area (Å²) in [6.45, 7) is 5.11. The second-order valence-electron chi connectivity index (χ2n) is 8.16. The molecule has 1 aliphatic carbocycles. The Morgan fingerprint density at radius 1 is 1.23 bits per heavy atom. The molecule has 1 aromatic rings. The zero-order chi connectivity index (χ0) is 21.4. The van der Waals surface area contributed by atoms with Crippen LogP contribution < -0.4 is 16.6 Å². The summed E-state index contributed by atoms with van der Waals surface area (Å²) in [7, 11) is 0. The molecule has 0 aromatic heterocycles. The molecule has 158 valence electrons. The number of nitrogens with one attached hydrogen (secondary N) is 2. The molecule has 2 unspecified atom stereocenters. The molecular weight excluding hydrogens is 386 g/mol. The maximum atomic E-state index is 12.3. The summed E-state index contributed by atoms with van der Waals surface area (Å²) in [5.74, 6) is -0.262. The van der Waals surface area contributed by atoms with E-state index in [2.05, 4.69) is 20.3 Å². The van der Waals surface area contributed by atoms with Gasteiger partial charge in [0.25, 0.3) is 5.56 Å². The molecule has 1 aromatic carbocycles. The van der Waals surface area contributed by atoms with Crippen molar-refractivity contribution in [1.82, 2.24) is 24.8 Å². The lowest BCUT2D eigenvalue weighted by atomic mass is 10.0. The number of carbonyl (C=O) groups is 1. The van der Waals surface area contributed by atoms with Gasteiger partial charge < -0.3 is 15.0 Å². The largest absolute Gasteiger partial charge is 0.481 e. The van der Waals surface area contributed by atoms with Crippen LogP contribution >= 0.6 is 0 Å². The number of aromatic amines is 1. The van der Waals surface area contributed by atoms with Gasteiger partial charge in [-0.3, -0.25) is 14.6 Å². The lowest BCUT2D eigenvalue weighted by molar-refractivity contribution is -0.138. The molecule has 0 amide bonds. The molecule has 0 radical (unpaired) electrons. The van der Waals surface area contributed by atoms with E-state index in [9.17, 15) is 14.4 Å². The van der Waals surface area contributed by atoms with Crippen molar-refractivity contribution in [2.24, 2.45) is 5.92 Å². The third-order valence-electron chi connectivity index (χ3n) is 6.00. The van der Waals surface area contributed by atoms with Gasteiger partial charge >= 0.3 is 11.7 Å². The normalized spacial score (nSPS) is 19.0. The average Bonchev–Trinajstić information content (AvgIpc) is 3.10. The van der Waals surface area contributed by atoms with Gasteiger partial charge in [0.2, 0.25) is 0 Å². The number of carboxylic acids is 1. The fourth-order valence-corrected chi connectivity index (χ4v) is 4.35. The number of aryl methyl sites for hydroxylation is 2. The molecule has 1 fully saturated rings. The lowest BCUT2D eigenvalue weighted by Crippen LogP contribution is -2.33. The molecule has 2 aliphatic heterocycles. The fourth-order valence-electron chi connectivity index (χ4n) is 4.35. The van der Waals surface area contributed by atoms with Gasteiger partial charge in [-0.2, -0.15) is 4.98 Å². The van der Waals surface area contributed by atoms with Gasteiger partial charge in [0.1, 0.15) is 0 Å². The first-order valence-corrected chi connectivity index (χ1v) is 10.2. The van der Waals surface area contributed by atoms with Crippen LogP contribution in [0.3, 0.4) is 0 Å². The highest BCUT2D eigenvalue weighted by atomic mass is 16.4. The Morgan fingerprint density at radius 3 is 2.77 bits per heavy atom. The first-order valence-electron chi connectivity index (χ1n) is 10.2. The summed E-state index contributed by atoms with van der Waals surface area (Å²) in [5.41, 5.74) is 2.57. The number of aliphatic carboxylic acids is 1. The molecule has 9 nitrogen and oxygen atoms in total. The van der Waals surface area contributed by atoms with Crippen LogP contribution in [-0.2, 0) is 11.3 Å². The smallest absolute Gasteiger partial charge is 0.349 e. The highest BCUT2D eigenvalue weighted by molar-refractivity contribution is 5.81. The number of hydrogen-bond donors (Lipinski definition) is 3. The average molecular weight is 411 g/mol. The van der Waals surface area contributed by atoms with Crippen LogP contribution in [0.15, 0.2) is 21.7 Å². The number of benzene rings is 1. The second-order valence-corrected chi connectivity index (χ2v) is 8.16. The molecular formula is C21H25N5O4. The summed E-state index contributed by atoms with van der Waals surface area (Å²) < 4.78 is 1.87. The molecule has 2 atom stereocenters. The Labute approximate surface area is 172 Å². The number of fused-ring (bicyclic) bond motifs is 2. The van der Waals surface area contributed by atoms with Crippen LogP contribution in [-0.4, -0.2) is 43.2 Å². The summed E-state index contributed by atoms with van der Waals surface area (Å²) >= 11 is 0. The number of rotatable bonds is 6. The lowest BCUT2D eigenvalue weighted by Gasteiger charge is -2.19. The minimum absolute atomic E-state index is 0.146. The van der Waals surface area contributed by atoms with Crippen molar-refractivity contribution in [3.05, 3.63) is 44.1 Å². The molecule has 2 heterocycles. The van der Waals surface area contributed by atoms with Crippen LogP contribution in [0, 0.1) is 19.8 Å². The number of hydrogen-bond acceptors (Lipinski definition) is 6. The molecule has 0 saturated heterocycles. The van der Waals surface area contributed by atoms with E-state index >= 15 is 0 Å². The zero-order valence-electron chi connectivity index (χ0n) is 17.1. The first kappa shape index (κ1) is 20.2. The van der Waals surface area contributed by atoms with Crippen LogP contribution in [0.5, 0.6) is 0 Å². The standard InChI is InChI=1S/C21H25N5O4/c1-11-7-15-16(8-12(11)2)26(19-18(23-15)20(29)25-21(30)24-19)6-5-22-14-4-3-13(9-14)10-17(27)28/h7-8,13-14,22H,3-6,9-10H2,1-2H3,(H,27,28)(H,25,29,30). The fraction of sp³-hybridized carbons (Fsp3) is 0.476. The first-order chi connectivity index (χ1) is 14.3. The van der Waals surface area contributed by atoms with Gasteiger partial charge in [-0.1, -0.05) is 0 Å². The number of H-pyrrole nitrogens is 1. The zero-order valence-corrected chi connectivity index (χ0v) is 17.1. The van der Waals surface area contributed by atoms with Gasteiger partial charge in [0.15, 0.2) is 11.5 Å². The van der Waals surface area contributed by atoms with Crippen molar-refractivity contribution in [2.75, 3.05) is 6.54 Å². The number of aromatic nitrogens is 4. The Morgan fingerprint density at radius 2 is 2.00 bits per heavy atom.